The first-order valence-electron chi connectivity index (χ1n) is 6.57. The Morgan fingerprint density at radius 2 is 2.25 bits per heavy atom. The lowest BCUT2D eigenvalue weighted by molar-refractivity contribution is 0.488. The summed E-state index contributed by atoms with van der Waals surface area (Å²) in [6, 6.07) is 8.15. The van der Waals surface area contributed by atoms with Crippen molar-refractivity contribution in [1.29, 1.82) is 0 Å². The van der Waals surface area contributed by atoms with Crippen LogP contribution in [0.25, 0.3) is 11.6 Å². The van der Waals surface area contributed by atoms with Gasteiger partial charge in [-0.15, -0.1) is 11.3 Å². The summed E-state index contributed by atoms with van der Waals surface area (Å²) in [7, 11) is 0. The van der Waals surface area contributed by atoms with Gasteiger partial charge < -0.3 is 8.83 Å². The van der Waals surface area contributed by atoms with Crippen LogP contribution in [0.1, 0.15) is 28.9 Å². The van der Waals surface area contributed by atoms with Gasteiger partial charge in [0.25, 0.3) is 0 Å². The molecule has 0 saturated heterocycles. The SMILES string of the molecule is Cc1nc2c(o1)=CC(c1cccs1)CC=2c1ccco1. The van der Waals surface area contributed by atoms with Gasteiger partial charge in [-0.25, -0.2) is 4.98 Å². The highest BCUT2D eigenvalue weighted by molar-refractivity contribution is 7.10. The van der Waals surface area contributed by atoms with Crippen LogP contribution in [0, 0.1) is 6.92 Å². The minimum Gasteiger partial charge on any atom is -0.465 e. The second-order valence-corrected chi connectivity index (χ2v) is 5.87. The van der Waals surface area contributed by atoms with Crippen molar-refractivity contribution in [3.05, 3.63) is 63.2 Å². The van der Waals surface area contributed by atoms with E-state index < -0.39 is 0 Å². The van der Waals surface area contributed by atoms with Gasteiger partial charge >= 0.3 is 0 Å². The molecule has 0 N–H and O–H groups in total. The molecule has 1 aliphatic rings. The van der Waals surface area contributed by atoms with E-state index >= 15 is 0 Å². The van der Waals surface area contributed by atoms with Crippen molar-refractivity contribution in [2.24, 2.45) is 0 Å². The van der Waals surface area contributed by atoms with E-state index in [9.17, 15) is 0 Å². The zero-order valence-corrected chi connectivity index (χ0v) is 11.8. The summed E-state index contributed by atoms with van der Waals surface area (Å²) in [5, 5.41) is 3.03. The highest BCUT2D eigenvalue weighted by atomic mass is 32.1. The third kappa shape index (κ3) is 1.84. The van der Waals surface area contributed by atoms with Crippen molar-refractivity contribution in [3.8, 4) is 0 Å². The zero-order valence-electron chi connectivity index (χ0n) is 11.0. The Labute approximate surface area is 119 Å². The van der Waals surface area contributed by atoms with Crippen molar-refractivity contribution in [3.63, 3.8) is 0 Å². The van der Waals surface area contributed by atoms with Crippen LogP contribution in [0.15, 0.2) is 44.7 Å². The molecule has 0 fully saturated rings. The molecule has 3 nitrogen and oxygen atoms in total. The summed E-state index contributed by atoms with van der Waals surface area (Å²) < 4.78 is 11.3. The van der Waals surface area contributed by atoms with E-state index in [4.69, 9.17) is 8.83 Å². The molecular weight excluding hydrogens is 270 g/mol. The van der Waals surface area contributed by atoms with Crippen LogP contribution in [0.3, 0.4) is 0 Å². The number of nitrogens with zero attached hydrogens (tertiary/aromatic N) is 1. The Bertz CT molecular complexity index is 841. The lowest BCUT2D eigenvalue weighted by atomic mass is 9.92. The summed E-state index contributed by atoms with van der Waals surface area (Å²) in [4.78, 5) is 5.85. The van der Waals surface area contributed by atoms with Gasteiger partial charge in [-0.05, 0) is 36.1 Å². The number of aromatic nitrogens is 1. The van der Waals surface area contributed by atoms with Gasteiger partial charge in [0.05, 0.1) is 6.26 Å². The first kappa shape index (κ1) is 11.7. The monoisotopic (exact) mass is 283 g/mol. The van der Waals surface area contributed by atoms with Gasteiger partial charge in [0, 0.05) is 23.3 Å². The number of fused-ring (bicyclic) bond motifs is 1. The average Bonchev–Trinajstić information content (AvgIpc) is 3.18. The molecule has 3 aromatic rings. The van der Waals surface area contributed by atoms with Gasteiger partial charge in [-0.3, -0.25) is 0 Å². The second kappa shape index (κ2) is 4.49. The molecular formula is C16H13NO2S. The van der Waals surface area contributed by atoms with Crippen LogP contribution in [-0.2, 0) is 0 Å². The van der Waals surface area contributed by atoms with E-state index in [1.54, 1.807) is 17.6 Å². The molecule has 0 aromatic carbocycles. The number of oxazole rings is 1. The molecule has 1 aliphatic carbocycles. The summed E-state index contributed by atoms with van der Waals surface area (Å²) in [5.41, 5.74) is 1.99. The summed E-state index contributed by atoms with van der Waals surface area (Å²) in [6.07, 6.45) is 4.77. The minimum atomic E-state index is 0.329. The first-order chi connectivity index (χ1) is 9.81. The van der Waals surface area contributed by atoms with Gasteiger partial charge in [0.2, 0.25) is 0 Å². The van der Waals surface area contributed by atoms with E-state index in [-0.39, 0.29) is 0 Å². The fraction of sp³-hybridized carbons (Fsp3) is 0.188. The molecule has 0 aliphatic heterocycles. The molecule has 20 heavy (non-hydrogen) atoms. The van der Waals surface area contributed by atoms with Crippen LogP contribution in [0.4, 0.5) is 0 Å². The number of furan rings is 1. The Hall–Kier alpha value is -2.07. The third-order valence-corrected chi connectivity index (χ3v) is 4.55. The van der Waals surface area contributed by atoms with Crippen LogP contribution >= 0.6 is 11.3 Å². The maximum atomic E-state index is 5.74. The molecule has 0 amide bonds. The predicted molar refractivity (Wildman–Crippen MR) is 77.9 cm³/mol. The second-order valence-electron chi connectivity index (χ2n) is 4.89. The molecule has 3 heterocycles. The van der Waals surface area contributed by atoms with Gasteiger partial charge in [0.1, 0.15) is 11.1 Å². The topological polar surface area (TPSA) is 39.2 Å². The Morgan fingerprint density at radius 1 is 1.30 bits per heavy atom. The molecule has 3 aromatic heterocycles. The summed E-state index contributed by atoms with van der Waals surface area (Å²) in [6.45, 7) is 1.88. The molecule has 0 saturated carbocycles. The highest BCUT2D eigenvalue weighted by Crippen LogP contribution is 2.32. The molecule has 0 spiro atoms. The average molecular weight is 283 g/mol. The fourth-order valence-electron chi connectivity index (χ4n) is 2.68. The van der Waals surface area contributed by atoms with Gasteiger partial charge in [0.15, 0.2) is 11.3 Å². The van der Waals surface area contributed by atoms with E-state index in [0.29, 0.717) is 11.8 Å². The molecule has 4 heteroatoms. The van der Waals surface area contributed by atoms with Gasteiger partial charge in [-0.2, -0.15) is 0 Å². The quantitative estimate of drug-likeness (QED) is 0.726. The lowest BCUT2D eigenvalue weighted by Gasteiger charge is -2.14. The number of rotatable bonds is 2. The molecule has 4 rings (SSSR count). The molecule has 0 bridgehead atoms. The molecule has 100 valence electrons. The third-order valence-electron chi connectivity index (χ3n) is 3.55. The molecule has 1 atom stereocenters. The van der Waals surface area contributed by atoms with E-state index in [0.717, 1.165) is 28.5 Å². The van der Waals surface area contributed by atoms with Crippen molar-refractivity contribution in [2.45, 2.75) is 19.3 Å². The highest BCUT2D eigenvalue weighted by Gasteiger charge is 2.22. The number of hydrogen-bond donors (Lipinski definition) is 0. The first-order valence-corrected chi connectivity index (χ1v) is 7.45. The van der Waals surface area contributed by atoms with E-state index in [1.807, 2.05) is 19.1 Å². The van der Waals surface area contributed by atoms with Crippen molar-refractivity contribution >= 4 is 23.0 Å². The van der Waals surface area contributed by atoms with E-state index in [2.05, 4.69) is 28.6 Å². The van der Waals surface area contributed by atoms with Crippen LogP contribution in [0.2, 0.25) is 0 Å². The molecule has 1 unspecified atom stereocenters. The Kier molecular flexibility index (Phi) is 2.63. The Balaban J connectivity index is 1.94. The molecule has 0 radical (unpaired) electrons. The number of aryl methyl sites for hydroxylation is 1. The van der Waals surface area contributed by atoms with Crippen molar-refractivity contribution in [2.75, 3.05) is 0 Å². The number of thiophene rings is 1. The largest absolute Gasteiger partial charge is 0.465 e. The minimum absolute atomic E-state index is 0.329. The predicted octanol–water partition coefficient (Wildman–Crippen LogP) is 2.80. The maximum absolute atomic E-state index is 5.74. The smallest absolute Gasteiger partial charge is 0.192 e. The van der Waals surface area contributed by atoms with Crippen LogP contribution in [-0.4, -0.2) is 4.98 Å². The number of hydrogen-bond acceptors (Lipinski definition) is 4. The zero-order chi connectivity index (χ0) is 13.5. The summed E-state index contributed by atoms with van der Waals surface area (Å²) >= 11 is 1.77. The van der Waals surface area contributed by atoms with Crippen molar-refractivity contribution < 1.29 is 8.83 Å². The van der Waals surface area contributed by atoms with Gasteiger partial charge in [-0.1, -0.05) is 6.07 Å². The van der Waals surface area contributed by atoms with Crippen molar-refractivity contribution in [1.82, 2.24) is 4.98 Å². The lowest BCUT2D eigenvalue weighted by Crippen LogP contribution is -2.30. The van der Waals surface area contributed by atoms with Crippen LogP contribution < -0.4 is 10.8 Å². The normalized spacial score (nSPS) is 17.9. The fourth-order valence-corrected chi connectivity index (χ4v) is 3.48. The summed E-state index contributed by atoms with van der Waals surface area (Å²) in [5.74, 6) is 1.91. The maximum Gasteiger partial charge on any atom is 0.192 e. The van der Waals surface area contributed by atoms with E-state index in [1.165, 1.54) is 4.88 Å². The standard InChI is InChI=1S/C16H13NO2S/c1-10-17-16-12(13-4-2-6-18-13)8-11(9-14(16)19-10)15-5-3-7-20-15/h2-7,9,11H,8H2,1H3. The van der Waals surface area contributed by atoms with Crippen LogP contribution in [0.5, 0.6) is 0 Å². The Morgan fingerprint density at radius 3 is 3.00 bits per heavy atom.